The topological polar surface area (TPSA) is 29.5 Å². The Kier molecular flexibility index (Phi) is 4.95. The van der Waals surface area contributed by atoms with Gasteiger partial charge in [0.2, 0.25) is 0 Å². The van der Waals surface area contributed by atoms with Crippen molar-refractivity contribution >= 4 is 5.97 Å². The molecule has 2 aromatic rings. The van der Waals surface area contributed by atoms with Crippen LogP contribution in [0.15, 0.2) is 48.5 Å². The lowest BCUT2D eigenvalue weighted by Gasteiger charge is -2.59. The summed E-state index contributed by atoms with van der Waals surface area (Å²) in [6.45, 7) is 3.83. The normalized spacial score (nSPS) is 28.3. The lowest BCUT2D eigenvalue weighted by molar-refractivity contribution is -0.131. The van der Waals surface area contributed by atoms with E-state index in [4.69, 9.17) is 4.74 Å². The number of ether oxygens (including phenoxy) is 1. The summed E-state index contributed by atoms with van der Waals surface area (Å²) in [6.07, 6.45) is 8.81. The molecule has 0 unspecified atom stereocenters. The van der Waals surface area contributed by atoms with Gasteiger partial charge < -0.3 is 4.74 Å². The van der Waals surface area contributed by atoms with Crippen molar-refractivity contribution < 1.29 is 9.53 Å². The second-order valence-corrected chi connectivity index (χ2v) is 9.21. The van der Waals surface area contributed by atoms with Gasteiger partial charge in [0.25, 0.3) is 0 Å². The molecule has 0 radical (unpaired) electrons. The molecule has 3 aliphatic rings. The molecule has 1 aliphatic heterocycles. The smallest absolute Gasteiger partial charge is 0.308 e. The van der Waals surface area contributed by atoms with Crippen LogP contribution in [0.4, 0.5) is 0 Å². The van der Waals surface area contributed by atoms with Crippen molar-refractivity contribution in [3.8, 4) is 5.75 Å². The van der Waals surface area contributed by atoms with Crippen molar-refractivity contribution in [1.82, 2.24) is 4.90 Å². The summed E-state index contributed by atoms with van der Waals surface area (Å²) in [5, 5.41) is 0. The van der Waals surface area contributed by atoms with Crippen molar-refractivity contribution in [2.45, 2.75) is 63.3 Å². The van der Waals surface area contributed by atoms with E-state index in [1.165, 1.54) is 62.3 Å². The minimum absolute atomic E-state index is 0.230. The number of likely N-dealkylation sites (tertiary alicyclic amines) is 1. The number of carbonyl (C=O) groups is 1. The maximum absolute atomic E-state index is 11.5. The zero-order valence-corrected chi connectivity index (χ0v) is 17.4. The molecule has 2 bridgehead atoms. The Morgan fingerprint density at radius 2 is 2.00 bits per heavy atom. The highest BCUT2D eigenvalue weighted by molar-refractivity contribution is 5.69. The predicted octanol–water partition coefficient (Wildman–Crippen LogP) is 4.91. The number of piperidine rings is 1. The predicted molar refractivity (Wildman–Crippen MR) is 115 cm³/mol. The summed E-state index contributed by atoms with van der Waals surface area (Å²) in [4.78, 5) is 14.3. The molecule has 1 heterocycles. The molecule has 0 N–H and O–H groups in total. The Balaban J connectivity index is 1.44. The first-order chi connectivity index (χ1) is 14.2. The van der Waals surface area contributed by atoms with Gasteiger partial charge in [-0.1, -0.05) is 49.2 Å². The van der Waals surface area contributed by atoms with E-state index in [0.717, 1.165) is 31.1 Å². The Labute approximate surface area is 174 Å². The summed E-state index contributed by atoms with van der Waals surface area (Å²) in [5.41, 5.74) is 4.69. The van der Waals surface area contributed by atoms with Crippen LogP contribution in [0.2, 0.25) is 0 Å². The second kappa shape index (κ2) is 7.60. The van der Waals surface area contributed by atoms with Gasteiger partial charge in [-0.15, -0.1) is 0 Å². The van der Waals surface area contributed by atoms with Crippen molar-refractivity contribution in [2.24, 2.45) is 5.92 Å². The molecule has 3 atom stereocenters. The van der Waals surface area contributed by atoms with Crippen LogP contribution in [0, 0.1) is 5.92 Å². The summed E-state index contributed by atoms with van der Waals surface area (Å²) in [5.74, 6) is 1.23. The molecular weight excluding hydrogens is 358 g/mol. The number of fused-ring (bicyclic) bond motifs is 1. The van der Waals surface area contributed by atoms with E-state index in [1.54, 1.807) is 0 Å². The van der Waals surface area contributed by atoms with Crippen molar-refractivity contribution in [1.29, 1.82) is 0 Å². The zero-order chi connectivity index (χ0) is 19.8. The lowest BCUT2D eigenvalue weighted by atomic mass is 9.52. The highest BCUT2D eigenvalue weighted by atomic mass is 16.5. The molecule has 2 fully saturated rings. The molecular formula is C26H31NO2. The van der Waals surface area contributed by atoms with Crippen LogP contribution in [-0.2, 0) is 23.1 Å². The van der Waals surface area contributed by atoms with Crippen LogP contribution in [0.25, 0.3) is 0 Å². The molecule has 0 aromatic heterocycles. The summed E-state index contributed by atoms with van der Waals surface area (Å²) in [6, 6.07) is 18.0. The Bertz CT molecular complexity index is 893. The monoisotopic (exact) mass is 389 g/mol. The van der Waals surface area contributed by atoms with Gasteiger partial charge in [0, 0.05) is 24.9 Å². The van der Waals surface area contributed by atoms with E-state index in [1.807, 2.05) is 6.07 Å². The number of rotatable bonds is 4. The summed E-state index contributed by atoms with van der Waals surface area (Å²) < 4.78 is 5.45. The molecule has 3 heteroatoms. The van der Waals surface area contributed by atoms with Gasteiger partial charge in [0.15, 0.2) is 0 Å². The van der Waals surface area contributed by atoms with E-state index in [-0.39, 0.29) is 11.4 Å². The number of hydrogen-bond acceptors (Lipinski definition) is 3. The van der Waals surface area contributed by atoms with Gasteiger partial charge in [-0.25, -0.2) is 0 Å². The molecule has 2 aliphatic carbocycles. The van der Waals surface area contributed by atoms with E-state index >= 15 is 0 Å². The maximum atomic E-state index is 11.5. The minimum atomic E-state index is -0.230. The Hall–Kier alpha value is -2.13. The molecule has 3 nitrogen and oxygen atoms in total. The molecule has 0 amide bonds. The number of nitrogens with zero attached hydrogens (tertiary/aromatic N) is 1. The standard InChI is InChI=1S/C26H31NO2/c1-19(28)29-22-11-10-21-17-25-23-9-5-6-13-26(23,24(21)18-22)14-16-27(25)15-12-20-7-3-2-4-8-20/h2-4,7-8,10-11,18,23,25H,5-6,9,12-17H2,1H3/t23-,25+,26+/m0/s1. The number of hydrogen-bond donors (Lipinski definition) is 0. The van der Waals surface area contributed by atoms with Crippen LogP contribution in [0.5, 0.6) is 5.75 Å². The van der Waals surface area contributed by atoms with Crippen LogP contribution in [0.3, 0.4) is 0 Å². The SMILES string of the molecule is CC(=O)Oc1ccc2c(c1)[C@@]13CCCC[C@H]1[C@@H](C2)N(CCc1ccccc1)CC3. The highest BCUT2D eigenvalue weighted by Gasteiger charge is 2.53. The lowest BCUT2D eigenvalue weighted by Crippen LogP contribution is -2.61. The van der Waals surface area contributed by atoms with Crippen LogP contribution in [0.1, 0.15) is 55.7 Å². The van der Waals surface area contributed by atoms with Gasteiger partial charge in [-0.05, 0) is 73.4 Å². The fourth-order valence-corrected chi connectivity index (χ4v) is 6.49. The Morgan fingerprint density at radius 1 is 1.14 bits per heavy atom. The Morgan fingerprint density at radius 3 is 2.83 bits per heavy atom. The fraction of sp³-hybridized carbons (Fsp3) is 0.500. The van der Waals surface area contributed by atoms with E-state index in [2.05, 4.69) is 47.4 Å². The van der Waals surface area contributed by atoms with Crippen LogP contribution in [-0.4, -0.2) is 30.0 Å². The number of benzene rings is 2. The first kappa shape index (κ1) is 18.9. The highest BCUT2D eigenvalue weighted by Crippen LogP contribution is 2.56. The zero-order valence-electron chi connectivity index (χ0n) is 17.4. The average molecular weight is 390 g/mol. The first-order valence-corrected chi connectivity index (χ1v) is 11.3. The first-order valence-electron chi connectivity index (χ1n) is 11.3. The van der Waals surface area contributed by atoms with Crippen molar-refractivity contribution in [3.05, 3.63) is 65.2 Å². The molecule has 152 valence electrons. The molecule has 5 rings (SSSR count). The third kappa shape index (κ3) is 3.40. The van der Waals surface area contributed by atoms with E-state index in [0.29, 0.717) is 6.04 Å². The fourth-order valence-electron chi connectivity index (χ4n) is 6.49. The molecule has 0 spiro atoms. The van der Waals surface area contributed by atoms with Crippen molar-refractivity contribution in [3.63, 3.8) is 0 Å². The summed E-state index contributed by atoms with van der Waals surface area (Å²) >= 11 is 0. The molecule has 29 heavy (non-hydrogen) atoms. The van der Waals surface area contributed by atoms with Gasteiger partial charge in [-0.2, -0.15) is 0 Å². The number of esters is 1. The largest absolute Gasteiger partial charge is 0.427 e. The molecule has 1 saturated heterocycles. The third-order valence-corrected chi connectivity index (χ3v) is 7.72. The van der Waals surface area contributed by atoms with Gasteiger partial charge >= 0.3 is 5.97 Å². The summed E-state index contributed by atoms with van der Waals surface area (Å²) in [7, 11) is 0. The molecule has 2 aromatic carbocycles. The quantitative estimate of drug-likeness (QED) is 0.549. The molecule has 1 saturated carbocycles. The maximum Gasteiger partial charge on any atom is 0.308 e. The van der Waals surface area contributed by atoms with E-state index in [9.17, 15) is 4.79 Å². The average Bonchev–Trinajstić information content (AvgIpc) is 2.74. The van der Waals surface area contributed by atoms with Crippen LogP contribution >= 0.6 is 0 Å². The second-order valence-electron chi connectivity index (χ2n) is 9.21. The van der Waals surface area contributed by atoms with Gasteiger partial charge in [0.1, 0.15) is 5.75 Å². The number of carbonyl (C=O) groups excluding carboxylic acids is 1. The van der Waals surface area contributed by atoms with E-state index < -0.39 is 0 Å². The van der Waals surface area contributed by atoms with Crippen molar-refractivity contribution in [2.75, 3.05) is 13.1 Å². The van der Waals surface area contributed by atoms with Crippen LogP contribution < -0.4 is 4.74 Å². The van der Waals surface area contributed by atoms with Gasteiger partial charge in [-0.3, -0.25) is 9.69 Å². The van der Waals surface area contributed by atoms with Gasteiger partial charge in [0.05, 0.1) is 0 Å². The third-order valence-electron chi connectivity index (χ3n) is 7.72. The minimum Gasteiger partial charge on any atom is -0.427 e.